The maximum atomic E-state index is 13.7. The lowest BCUT2D eigenvalue weighted by atomic mass is 10.2. The standard InChI is InChI=1S/C22H26Cl2N6O5S/c1-12(2)35-18(21-26-7-14(23)8-27-21)13(3)36(31,32)11-17-28-29-22-16-5-6-25-20(24)19(16)34-10-15(9-33-4)30(17)22/h5-8,12-13,15,18H,9-11H2,1-4H3/t13-,15+,18+/m0/s1. The lowest BCUT2D eigenvalue weighted by Crippen LogP contribution is -2.32. The van der Waals surface area contributed by atoms with Crippen LogP contribution in [0.3, 0.4) is 0 Å². The molecule has 0 unspecified atom stereocenters. The van der Waals surface area contributed by atoms with Gasteiger partial charge in [0.2, 0.25) is 0 Å². The summed E-state index contributed by atoms with van der Waals surface area (Å²) in [5.41, 5.74) is 0.563. The number of halogens is 2. The monoisotopic (exact) mass is 556 g/mol. The van der Waals surface area contributed by atoms with Crippen LogP contribution in [0.2, 0.25) is 10.2 Å². The Bertz CT molecular complexity index is 1320. The van der Waals surface area contributed by atoms with E-state index in [0.717, 1.165) is 0 Å². The number of nitrogens with zero attached hydrogens (tertiary/aromatic N) is 6. The van der Waals surface area contributed by atoms with E-state index in [2.05, 4.69) is 25.1 Å². The van der Waals surface area contributed by atoms with E-state index in [-0.39, 0.29) is 36.1 Å². The van der Waals surface area contributed by atoms with Crippen LogP contribution >= 0.6 is 23.2 Å². The minimum Gasteiger partial charge on any atom is -0.487 e. The fourth-order valence-corrected chi connectivity index (χ4v) is 5.63. The Morgan fingerprint density at radius 3 is 2.56 bits per heavy atom. The van der Waals surface area contributed by atoms with E-state index in [1.54, 1.807) is 24.7 Å². The van der Waals surface area contributed by atoms with Gasteiger partial charge in [-0.3, -0.25) is 0 Å². The number of hydrogen-bond acceptors (Lipinski definition) is 10. The summed E-state index contributed by atoms with van der Waals surface area (Å²) in [7, 11) is -2.29. The van der Waals surface area contributed by atoms with Gasteiger partial charge in [0.1, 0.15) is 24.3 Å². The van der Waals surface area contributed by atoms with Crippen LogP contribution in [0.15, 0.2) is 24.7 Å². The van der Waals surface area contributed by atoms with Crippen molar-refractivity contribution < 1.29 is 22.6 Å². The number of hydrogen-bond donors (Lipinski definition) is 0. The molecule has 194 valence electrons. The number of methoxy groups -OCH3 is 1. The molecule has 1 aliphatic heterocycles. The number of sulfone groups is 1. The molecule has 0 spiro atoms. The topological polar surface area (TPSA) is 131 Å². The van der Waals surface area contributed by atoms with E-state index in [1.165, 1.54) is 18.6 Å². The van der Waals surface area contributed by atoms with Gasteiger partial charge in [-0.1, -0.05) is 23.2 Å². The summed E-state index contributed by atoms with van der Waals surface area (Å²) in [6.07, 6.45) is 3.16. The lowest BCUT2D eigenvalue weighted by Gasteiger charge is -2.25. The summed E-state index contributed by atoms with van der Waals surface area (Å²) >= 11 is 12.2. The Morgan fingerprint density at radius 1 is 1.17 bits per heavy atom. The molecule has 4 rings (SSSR count). The van der Waals surface area contributed by atoms with E-state index in [1.807, 2.05) is 13.8 Å². The molecule has 36 heavy (non-hydrogen) atoms. The fraction of sp³-hybridized carbons (Fsp3) is 0.500. The van der Waals surface area contributed by atoms with Crippen LogP contribution in [-0.4, -0.2) is 69.8 Å². The van der Waals surface area contributed by atoms with Crippen molar-refractivity contribution in [1.29, 1.82) is 0 Å². The molecule has 3 aromatic rings. The molecule has 0 fully saturated rings. The van der Waals surface area contributed by atoms with Crippen LogP contribution in [0, 0.1) is 0 Å². The van der Waals surface area contributed by atoms with E-state index in [0.29, 0.717) is 22.2 Å². The van der Waals surface area contributed by atoms with Gasteiger partial charge < -0.3 is 18.8 Å². The largest absolute Gasteiger partial charge is 0.487 e. The highest BCUT2D eigenvalue weighted by Gasteiger charge is 2.37. The summed E-state index contributed by atoms with van der Waals surface area (Å²) in [5, 5.41) is 8.06. The third-order valence-electron chi connectivity index (χ3n) is 5.65. The molecular formula is C22H26Cl2N6O5S. The van der Waals surface area contributed by atoms with Crippen LogP contribution < -0.4 is 4.74 Å². The molecule has 0 amide bonds. The normalized spacial score (nSPS) is 17.1. The highest BCUT2D eigenvalue weighted by atomic mass is 35.5. The molecular weight excluding hydrogens is 531 g/mol. The predicted molar refractivity (Wildman–Crippen MR) is 133 cm³/mol. The Kier molecular flexibility index (Phi) is 8.10. The zero-order valence-corrected chi connectivity index (χ0v) is 22.5. The molecule has 14 heteroatoms. The van der Waals surface area contributed by atoms with Crippen LogP contribution in [0.25, 0.3) is 11.4 Å². The maximum absolute atomic E-state index is 13.7. The third kappa shape index (κ3) is 5.47. The van der Waals surface area contributed by atoms with Gasteiger partial charge >= 0.3 is 0 Å². The van der Waals surface area contributed by atoms with Crippen molar-refractivity contribution in [3.63, 3.8) is 0 Å². The summed E-state index contributed by atoms with van der Waals surface area (Å²) < 4.78 is 46.3. The van der Waals surface area contributed by atoms with Gasteiger partial charge in [0, 0.05) is 25.7 Å². The molecule has 11 nitrogen and oxygen atoms in total. The van der Waals surface area contributed by atoms with Crippen molar-refractivity contribution in [1.82, 2.24) is 29.7 Å². The van der Waals surface area contributed by atoms with E-state index >= 15 is 0 Å². The van der Waals surface area contributed by atoms with E-state index in [4.69, 9.17) is 37.4 Å². The quantitative estimate of drug-likeness (QED) is 0.360. The first kappa shape index (κ1) is 26.7. The van der Waals surface area contributed by atoms with Crippen molar-refractivity contribution >= 4 is 33.0 Å². The fourth-order valence-electron chi connectivity index (χ4n) is 3.94. The molecule has 0 saturated carbocycles. The molecule has 0 saturated heterocycles. The highest BCUT2D eigenvalue weighted by Crippen LogP contribution is 2.39. The molecule has 3 atom stereocenters. The van der Waals surface area contributed by atoms with E-state index < -0.39 is 33.0 Å². The predicted octanol–water partition coefficient (Wildman–Crippen LogP) is 3.49. The second-order valence-electron chi connectivity index (χ2n) is 8.59. The smallest absolute Gasteiger partial charge is 0.171 e. The van der Waals surface area contributed by atoms with Gasteiger partial charge in [-0.15, -0.1) is 10.2 Å². The summed E-state index contributed by atoms with van der Waals surface area (Å²) in [6.45, 7) is 5.60. The van der Waals surface area contributed by atoms with Crippen molar-refractivity contribution in [2.75, 3.05) is 20.3 Å². The second kappa shape index (κ2) is 10.9. The number of ether oxygens (including phenoxy) is 3. The average molecular weight is 557 g/mol. The van der Waals surface area contributed by atoms with Gasteiger partial charge in [0.05, 0.1) is 34.6 Å². The van der Waals surface area contributed by atoms with Crippen molar-refractivity contribution in [3.8, 4) is 17.1 Å². The zero-order valence-electron chi connectivity index (χ0n) is 20.1. The number of fused-ring (bicyclic) bond motifs is 3. The molecule has 0 bridgehead atoms. The summed E-state index contributed by atoms with van der Waals surface area (Å²) in [6, 6.07) is 1.30. The van der Waals surface area contributed by atoms with Gasteiger partial charge in [-0.2, -0.15) is 0 Å². The second-order valence-corrected chi connectivity index (χ2v) is 11.7. The van der Waals surface area contributed by atoms with Crippen molar-refractivity contribution in [2.45, 2.75) is 50.0 Å². The lowest BCUT2D eigenvalue weighted by molar-refractivity contribution is 0.00142. The first-order valence-corrected chi connectivity index (χ1v) is 13.6. The Morgan fingerprint density at radius 2 is 1.89 bits per heavy atom. The molecule has 3 aromatic heterocycles. The molecule has 0 radical (unpaired) electrons. The van der Waals surface area contributed by atoms with E-state index in [9.17, 15) is 8.42 Å². The molecule has 0 aliphatic carbocycles. The number of pyridine rings is 1. The van der Waals surface area contributed by atoms with Crippen molar-refractivity contribution in [3.05, 3.63) is 46.5 Å². The van der Waals surface area contributed by atoms with Gasteiger partial charge in [-0.25, -0.2) is 23.4 Å². The first-order valence-electron chi connectivity index (χ1n) is 11.2. The first-order chi connectivity index (χ1) is 17.1. The number of aromatic nitrogens is 6. The Hall–Kier alpha value is -2.38. The number of rotatable bonds is 9. The maximum Gasteiger partial charge on any atom is 0.171 e. The van der Waals surface area contributed by atoms with Crippen molar-refractivity contribution in [2.24, 2.45) is 0 Å². The van der Waals surface area contributed by atoms with Crippen LogP contribution in [0.5, 0.6) is 5.75 Å². The zero-order chi connectivity index (χ0) is 26.0. The van der Waals surface area contributed by atoms with Gasteiger partial charge in [0.15, 0.2) is 32.4 Å². The molecule has 0 N–H and O–H groups in total. The minimum atomic E-state index is -3.84. The summed E-state index contributed by atoms with van der Waals surface area (Å²) in [5.74, 6) is 0.845. The Labute approximate surface area is 219 Å². The molecule has 4 heterocycles. The Balaban J connectivity index is 1.72. The minimum absolute atomic E-state index is 0.164. The molecule has 0 aromatic carbocycles. The molecule has 1 aliphatic rings. The van der Waals surface area contributed by atoms with Crippen LogP contribution in [0.4, 0.5) is 0 Å². The van der Waals surface area contributed by atoms with Gasteiger partial charge in [0.25, 0.3) is 0 Å². The van der Waals surface area contributed by atoms with Crippen LogP contribution in [-0.2, 0) is 25.1 Å². The SMILES string of the molecule is COC[C@@H]1COc2c(ccnc2Cl)-c2nnc(CS(=O)(=O)[C@@H](C)[C@@H](OC(C)C)c3ncc(Cl)cn3)n21. The third-order valence-corrected chi connectivity index (χ3v) is 8.15. The highest BCUT2D eigenvalue weighted by molar-refractivity contribution is 7.91. The van der Waals surface area contributed by atoms with Crippen LogP contribution in [0.1, 0.15) is 44.6 Å². The van der Waals surface area contributed by atoms with Gasteiger partial charge in [-0.05, 0) is 26.8 Å². The summed E-state index contributed by atoms with van der Waals surface area (Å²) in [4.78, 5) is 12.5. The average Bonchev–Trinajstić information content (AvgIpc) is 3.15.